The van der Waals surface area contributed by atoms with Gasteiger partial charge in [-0.3, -0.25) is 4.79 Å². The maximum Gasteiger partial charge on any atom is 0.211 e. The first-order chi connectivity index (χ1) is 6.23. The number of carbonyl (C=O) groups excluding carboxylic acids is 1. The van der Waals surface area contributed by atoms with Crippen molar-refractivity contribution in [3.63, 3.8) is 0 Å². The fraction of sp³-hybridized carbons (Fsp3) is 0.857. The first kappa shape index (κ1) is 10.7. The van der Waals surface area contributed by atoms with Crippen LogP contribution in [0.3, 0.4) is 0 Å². The average molecular weight is 204 g/mol. The Bertz CT molecular complexity index is 291. The SMILES string of the molecule is [2H]C([B])CCC(=O)CN(C)S(C)(=O)=O. The second kappa shape index (κ2) is 5.39. The van der Waals surface area contributed by atoms with Crippen molar-refractivity contribution in [3.8, 4) is 0 Å². The van der Waals surface area contributed by atoms with Crippen molar-refractivity contribution in [2.24, 2.45) is 0 Å². The molecule has 0 aromatic carbocycles. The Balaban J connectivity index is 3.96. The Labute approximate surface area is 82.2 Å². The summed E-state index contributed by atoms with van der Waals surface area (Å²) >= 11 is 0. The standard InChI is InChI=1S/C7H14BNO3S/c1-9(13(2,11)12)6-7(10)4-3-5-8/h3-6H2,1-2H3/i5D. The summed E-state index contributed by atoms with van der Waals surface area (Å²) in [6.45, 7) is -0.147. The fourth-order valence-corrected chi connectivity index (χ4v) is 1.07. The highest BCUT2D eigenvalue weighted by molar-refractivity contribution is 7.88. The summed E-state index contributed by atoms with van der Waals surface area (Å²) in [5, 5.41) is 0. The zero-order chi connectivity index (χ0) is 11.4. The van der Waals surface area contributed by atoms with Crippen molar-refractivity contribution in [1.82, 2.24) is 4.31 Å². The highest BCUT2D eigenvalue weighted by atomic mass is 32.2. The first-order valence-corrected chi connectivity index (χ1v) is 5.69. The van der Waals surface area contributed by atoms with Crippen LogP contribution in [0.5, 0.6) is 0 Å². The van der Waals surface area contributed by atoms with E-state index in [0.717, 1.165) is 10.6 Å². The highest BCUT2D eigenvalue weighted by Gasteiger charge is 2.14. The first-order valence-electron chi connectivity index (χ1n) is 4.42. The number of nitrogens with zero attached hydrogens (tertiary/aromatic N) is 1. The average Bonchev–Trinajstić information content (AvgIpc) is 1.99. The second-order valence-electron chi connectivity index (χ2n) is 2.83. The van der Waals surface area contributed by atoms with E-state index in [9.17, 15) is 13.2 Å². The lowest BCUT2D eigenvalue weighted by molar-refractivity contribution is -0.119. The van der Waals surface area contributed by atoms with E-state index in [1.165, 1.54) is 7.05 Å². The highest BCUT2D eigenvalue weighted by Crippen LogP contribution is 1.98. The van der Waals surface area contributed by atoms with Gasteiger partial charge in [0.25, 0.3) is 0 Å². The molecule has 0 aliphatic heterocycles. The van der Waals surface area contributed by atoms with E-state index in [4.69, 9.17) is 9.22 Å². The van der Waals surface area contributed by atoms with Crippen LogP contribution in [0.2, 0.25) is 6.30 Å². The van der Waals surface area contributed by atoms with Crippen molar-refractivity contribution < 1.29 is 14.6 Å². The van der Waals surface area contributed by atoms with Crippen molar-refractivity contribution in [2.75, 3.05) is 19.8 Å². The van der Waals surface area contributed by atoms with Crippen LogP contribution in [-0.4, -0.2) is 46.2 Å². The molecule has 74 valence electrons. The smallest absolute Gasteiger partial charge is 0.211 e. The van der Waals surface area contributed by atoms with Gasteiger partial charge in [-0.15, -0.1) is 0 Å². The Morgan fingerprint density at radius 3 is 2.54 bits per heavy atom. The number of sulfonamides is 1. The quantitative estimate of drug-likeness (QED) is 0.563. The van der Waals surface area contributed by atoms with E-state index < -0.39 is 16.3 Å². The number of hydrogen-bond acceptors (Lipinski definition) is 3. The van der Waals surface area contributed by atoms with Gasteiger partial charge in [0.05, 0.1) is 20.6 Å². The molecule has 13 heavy (non-hydrogen) atoms. The van der Waals surface area contributed by atoms with E-state index in [1.807, 2.05) is 0 Å². The molecule has 0 aromatic heterocycles. The van der Waals surface area contributed by atoms with Gasteiger partial charge in [0.15, 0.2) is 0 Å². The third-order valence-corrected chi connectivity index (χ3v) is 2.82. The minimum atomic E-state index is -3.30. The second-order valence-corrected chi connectivity index (χ2v) is 4.92. The van der Waals surface area contributed by atoms with Crippen LogP contribution in [0.1, 0.15) is 14.2 Å². The third-order valence-electron chi connectivity index (χ3n) is 1.56. The Morgan fingerprint density at radius 1 is 1.62 bits per heavy atom. The van der Waals surface area contributed by atoms with Gasteiger partial charge >= 0.3 is 0 Å². The van der Waals surface area contributed by atoms with Crippen LogP contribution in [-0.2, 0) is 14.8 Å². The molecule has 0 saturated heterocycles. The van der Waals surface area contributed by atoms with Gasteiger partial charge in [-0.1, -0.05) is 12.7 Å². The molecule has 0 amide bonds. The number of hydrogen-bond donors (Lipinski definition) is 0. The predicted molar refractivity (Wildman–Crippen MR) is 52.3 cm³/mol. The predicted octanol–water partition coefficient (Wildman–Crippen LogP) is -0.186. The summed E-state index contributed by atoms with van der Waals surface area (Å²) in [7, 11) is 3.18. The Morgan fingerprint density at radius 2 is 2.15 bits per heavy atom. The maximum atomic E-state index is 11.2. The zero-order valence-electron chi connectivity index (χ0n) is 8.86. The van der Waals surface area contributed by atoms with Crippen LogP contribution < -0.4 is 0 Å². The number of likely N-dealkylation sites (N-methyl/N-ethyl adjacent to an activating group) is 1. The van der Waals surface area contributed by atoms with E-state index >= 15 is 0 Å². The topological polar surface area (TPSA) is 54.5 Å². The van der Waals surface area contributed by atoms with E-state index in [-0.39, 0.29) is 25.2 Å². The molecule has 0 fully saturated rings. The van der Waals surface area contributed by atoms with Crippen LogP contribution in [0, 0.1) is 0 Å². The summed E-state index contributed by atoms with van der Waals surface area (Å²) in [4.78, 5) is 11.2. The lowest BCUT2D eigenvalue weighted by Gasteiger charge is -2.12. The molecule has 1 atom stereocenters. The van der Waals surface area contributed by atoms with Gasteiger partial charge in [0.2, 0.25) is 10.0 Å². The molecule has 0 aliphatic rings. The normalized spacial score (nSPS) is 15.5. The molecule has 0 heterocycles. The lowest BCUT2D eigenvalue weighted by atomic mass is 9.99. The van der Waals surface area contributed by atoms with E-state index in [1.54, 1.807) is 0 Å². The van der Waals surface area contributed by atoms with E-state index in [0.29, 0.717) is 0 Å². The molecule has 0 saturated carbocycles. The molecule has 0 rings (SSSR count). The zero-order valence-corrected chi connectivity index (χ0v) is 8.67. The number of carbonyl (C=O) groups is 1. The summed E-state index contributed by atoms with van der Waals surface area (Å²) in [6.07, 6.45) is 0.666. The summed E-state index contributed by atoms with van der Waals surface area (Å²) in [5.41, 5.74) is 0. The van der Waals surface area contributed by atoms with Gasteiger partial charge in [-0.2, -0.15) is 4.31 Å². The summed E-state index contributed by atoms with van der Waals surface area (Å²) in [6, 6.07) is 0. The molecule has 0 N–H and O–H groups in total. The third kappa shape index (κ3) is 5.82. The van der Waals surface area contributed by atoms with Crippen molar-refractivity contribution in [3.05, 3.63) is 0 Å². The van der Waals surface area contributed by atoms with Crippen molar-refractivity contribution >= 4 is 23.7 Å². The van der Waals surface area contributed by atoms with Crippen LogP contribution in [0.15, 0.2) is 0 Å². The molecule has 0 bridgehead atoms. The molecule has 0 spiro atoms. The fourth-order valence-electron chi connectivity index (χ4n) is 0.689. The minimum Gasteiger partial charge on any atom is -0.298 e. The van der Waals surface area contributed by atoms with Gasteiger partial charge < -0.3 is 0 Å². The van der Waals surface area contributed by atoms with Gasteiger partial charge in [-0.25, -0.2) is 8.42 Å². The van der Waals surface area contributed by atoms with Gasteiger partial charge in [0, 0.05) is 14.8 Å². The number of Topliss-reactive ketones (excluding diaryl/α,β-unsaturated/α-hetero) is 1. The van der Waals surface area contributed by atoms with Crippen molar-refractivity contribution in [2.45, 2.75) is 19.1 Å². The van der Waals surface area contributed by atoms with Gasteiger partial charge in [0.1, 0.15) is 5.78 Å². The molecule has 4 nitrogen and oxygen atoms in total. The molecule has 2 radical (unpaired) electrons. The molecular formula is C7H14BNO3S. The minimum absolute atomic E-state index is 0.143. The molecular weight excluding hydrogens is 189 g/mol. The van der Waals surface area contributed by atoms with Crippen LogP contribution in [0.4, 0.5) is 0 Å². The Kier molecular flexibility index (Phi) is 4.45. The lowest BCUT2D eigenvalue weighted by Crippen LogP contribution is -2.31. The van der Waals surface area contributed by atoms with Crippen LogP contribution in [0.25, 0.3) is 0 Å². The number of rotatable bonds is 6. The summed E-state index contributed by atoms with van der Waals surface area (Å²) < 4.78 is 29.8. The molecule has 6 heteroatoms. The Hall–Kier alpha value is -0.355. The molecule has 0 aromatic rings. The van der Waals surface area contributed by atoms with Crippen LogP contribution >= 0.6 is 0 Å². The summed E-state index contributed by atoms with van der Waals surface area (Å²) in [5.74, 6) is -0.222. The van der Waals surface area contributed by atoms with E-state index in [2.05, 4.69) is 0 Å². The molecule has 0 aliphatic carbocycles. The monoisotopic (exact) mass is 204 g/mol. The largest absolute Gasteiger partial charge is 0.298 e. The number of ketones is 1. The van der Waals surface area contributed by atoms with Crippen molar-refractivity contribution in [1.29, 1.82) is 0 Å². The van der Waals surface area contributed by atoms with Gasteiger partial charge in [-0.05, 0) is 0 Å². The maximum absolute atomic E-state index is 11.2. The molecule has 1 unspecified atom stereocenters.